The van der Waals surface area contributed by atoms with Gasteiger partial charge >= 0.3 is 5.22 Å². The quantitative estimate of drug-likeness (QED) is 0.800. The van der Waals surface area contributed by atoms with E-state index in [1.54, 1.807) is 24.3 Å². The van der Waals surface area contributed by atoms with E-state index in [9.17, 15) is 13.2 Å². The first-order valence-corrected chi connectivity index (χ1v) is 9.17. The number of sulfone groups is 1. The standard InChI is InChI=1S/C15H19N3O5S/c1-10(2)13(14-17-18-15(23-14)24(3,20)21)16-12(19)9-22-11-7-5-4-6-8-11/h4-8,10,13H,9H2,1-3H3,(H,16,19)/t13-/m0/s1. The molecule has 0 bridgehead atoms. The molecule has 1 heterocycles. The van der Waals surface area contributed by atoms with Crippen molar-refractivity contribution in [1.29, 1.82) is 0 Å². The van der Waals surface area contributed by atoms with E-state index in [4.69, 9.17) is 9.15 Å². The molecule has 1 N–H and O–H groups in total. The molecule has 0 saturated heterocycles. The minimum absolute atomic E-state index is 0.0403. The van der Waals surface area contributed by atoms with Crippen LogP contribution in [-0.2, 0) is 14.6 Å². The van der Waals surface area contributed by atoms with Gasteiger partial charge in [0.25, 0.3) is 5.91 Å². The first kappa shape index (κ1) is 17.9. The van der Waals surface area contributed by atoms with Crippen molar-refractivity contribution in [3.05, 3.63) is 36.2 Å². The molecular weight excluding hydrogens is 334 g/mol. The summed E-state index contributed by atoms with van der Waals surface area (Å²) < 4.78 is 33.4. The summed E-state index contributed by atoms with van der Waals surface area (Å²) in [4.78, 5) is 12.1. The molecule has 1 atom stereocenters. The van der Waals surface area contributed by atoms with Gasteiger partial charge in [0.15, 0.2) is 6.61 Å². The maximum absolute atomic E-state index is 12.1. The lowest BCUT2D eigenvalue weighted by molar-refractivity contribution is -0.124. The first-order chi connectivity index (χ1) is 11.3. The SMILES string of the molecule is CC(C)[C@H](NC(=O)COc1ccccc1)c1nnc(S(C)(=O)=O)o1. The van der Waals surface area contributed by atoms with Crippen LogP contribution in [0.4, 0.5) is 0 Å². The van der Waals surface area contributed by atoms with Crippen LogP contribution in [0.15, 0.2) is 40.0 Å². The van der Waals surface area contributed by atoms with Gasteiger partial charge in [0.05, 0.1) is 0 Å². The summed E-state index contributed by atoms with van der Waals surface area (Å²) in [5, 5.41) is 9.47. The van der Waals surface area contributed by atoms with Crippen LogP contribution >= 0.6 is 0 Å². The number of hydrogen-bond acceptors (Lipinski definition) is 7. The molecule has 1 aromatic heterocycles. The molecule has 2 aromatic rings. The summed E-state index contributed by atoms with van der Waals surface area (Å²) in [7, 11) is -3.59. The summed E-state index contributed by atoms with van der Waals surface area (Å²) in [6.07, 6.45) is 0.973. The molecule has 8 nitrogen and oxygen atoms in total. The molecule has 24 heavy (non-hydrogen) atoms. The maximum atomic E-state index is 12.1. The molecule has 0 spiro atoms. The first-order valence-electron chi connectivity index (χ1n) is 7.28. The molecule has 0 aliphatic carbocycles. The van der Waals surface area contributed by atoms with Crippen LogP contribution in [0.25, 0.3) is 0 Å². The topological polar surface area (TPSA) is 111 Å². The van der Waals surface area contributed by atoms with Gasteiger partial charge in [-0.25, -0.2) is 8.42 Å². The molecular formula is C15H19N3O5S. The Labute approximate surface area is 140 Å². The van der Waals surface area contributed by atoms with E-state index < -0.39 is 21.1 Å². The second-order valence-electron chi connectivity index (χ2n) is 5.57. The Hall–Kier alpha value is -2.42. The number of nitrogens with one attached hydrogen (secondary N) is 1. The van der Waals surface area contributed by atoms with Crippen molar-refractivity contribution in [2.75, 3.05) is 12.9 Å². The van der Waals surface area contributed by atoms with Gasteiger partial charge in [-0.3, -0.25) is 4.79 Å². The molecule has 130 valence electrons. The Kier molecular flexibility index (Phi) is 5.55. The third kappa shape index (κ3) is 4.79. The molecule has 0 saturated carbocycles. The molecule has 0 radical (unpaired) electrons. The highest BCUT2D eigenvalue weighted by atomic mass is 32.2. The number of aromatic nitrogens is 2. The van der Waals surface area contributed by atoms with Crippen LogP contribution in [0.5, 0.6) is 5.75 Å². The zero-order chi connectivity index (χ0) is 17.7. The normalized spacial score (nSPS) is 12.8. The predicted molar refractivity (Wildman–Crippen MR) is 85.1 cm³/mol. The number of rotatable bonds is 7. The number of amides is 1. The number of nitrogens with zero attached hydrogens (tertiary/aromatic N) is 2. The summed E-state index contributed by atoms with van der Waals surface area (Å²) in [6.45, 7) is 3.50. The van der Waals surface area contributed by atoms with Gasteiger partial charge in [-0.15, -0.1) is 5.10 Å². The Morgan fingerprint density at radius 2 is 1.92 bits per heavy atom. The highest BCUT2D eigenvalue weighted by Crippen LogP contribution is 2.21. The van der Waals surface area contributed by atoms with Gasteiger partial charge in [0.2, 0.25) is 15.7 Å². The Morgan fingerprint density at radius 1 is 1.25 bits per heavy atom. The molecule has 0 unspecified atom stereocenters. The van der Waals surface area contributed by atoms with E-state index >= 15 is 0 Å². The average Bonchev–Trinajstić information content (AvgIpc) is 3.01. The number of hydrogen-bond donors (Lipinski definition) is 1. The van der Waals surface area contributed by atoms with Crippen LogP contribution in [0.3, 0.4) is 0 Å². The van der Waals surface area contributed by atoms with Crippen molar-refractivity contribution in [1.82, 2.24) is 15.5 Å². The highest BCUT2D eigenvalue weighted by Gasteiger charge is 2.26. The fraction of sp³-hybridized carbons (Fsp3) is 0.400. The second kappa shape index (κ2) is 7.43. The summed E-state index contributed by atoms with van der Waals surface area (Å²) in [5.41, 5.74) is 0. The van der Waals surface area contributed by atoms with E-state index in [-0.39, 0.29) is 24.3 Å². The van der Waals surface area contributed by atoms with E-state index in [0.29, 0.717) is 5.75 Å². The van der Waals surface area contributed by atoms with Gasteiger partial charge in [-0.1, -0.05) is 37.1 Å². The van der Waals surface area contributed by atoms with E-state index in [0.717, 1.165) is 6.26 Å². The Bertz CT molecular complexity index is 786. The lowest BCUT2D eigenvalue weighted by atomic mass is 10.0. The van der Waals surface area contributed by atoms with Crippen molar-refractivity contribution in [3.63, 3.8) is 0 Å². The number of para-hydroxylation sites is 1. The summed E-state index contributed by atoms with van der Waals surface area (Å²) in [5.74, 6) is 0.152. The van der Waals surface area contributed by atoms with Gasteiger partial charge in [-0.2, -0.15) is 0 Å². The van der Waals surface area contributed by atoms with Crippen LogP contribution in [0.1, 0.15) is 25.8 Å². The third-order valence-electron chi connectivity index (χ3n) is 3.10. The number of carbonyl (C=O) groups excluding carboxylic acids is 1. The fourth-order valence-electron chi connectivity index (χ4n) is 1.89. The Balaban J connectivity index is 2.03. The van der Waals surface area contributed by atoms with Crippen molar-refractivity contribution < 1.29 is 22.4 Å². The van der Waals surface area contributed by atoms with Crippen LogP contribution in [0, 0.1) is 5.92 Å². The monoisotopic (exact) mass is 353 g/mol. The lowest BCUT2D eigenvalue weighted by Crippen LogP contribution is -2.35. The van der Waals surface area contributed by atoms with E-state index in [2.05, 4.69) is 15.5 Å². The Morgan fingerprint density at radius 3 is 2.46 bits per heavy atom. The van der Waals surface area contributed by atoms with Crippen LogP contribution in [-0.4, -0.2) is 37.4 Å². The van der Waals surface area contributed by atoms with Crippen molar-refractivity contribution in [3.8, 4) is 5.75 Å². The molecule has 2 rings (SSSR count). The summed E-state index contributed by atoms with van der Waals surface area (Å²) >= 11 is 0. The van der Waals surface area contributed by atoms with Crippen molar-refractivity contribution in [2.45, 2.75) is 25.1 Å². The number of carbonyl (C=O) groups is 1. The second-order valence-corrected chi connectivity index (χ2v) is 7.46. The average molecular weight is 353 g/mol. The van der Waals surface area contributed by atoms with Crippen molar-refractivity contribution >= 4 is 15.7 Å². The van der Waals surface area contributed by atoms with Crippen LogP contribution < -0.4 is 10.1 Å². The maximum Gasteiger partial charge on any atom is 0.335 e. The fourth-order valence-corrected chi connectivity index (χ4v) is 2.32. The minimum atomic E-state index is -3.59. The highest BCUT2D eigenvalue weighted by molar-refractivity contribution is 7.90. The largest absolute Gasteiger partial charge is 0.484 e. The number of benzene rings is 1. The smallest absolute Gasteiger partial charge is 0.335 e. The third-order valence-corrected chi connectivity index (χ3v) is 3.90. The lowest BCUT2D eigenvalue weighted by Gasteiger charge is -2.18. The molecule has 9 heteroatoms. The van der Waals surface area contributed by atoms with Crippen LogP contribution in [0.2, 0.25) is 0 Å². The molecule has 0 aliphatic heterocycles. The van der Waals surface area contributed by atoms with Crippen molar-refractivity contribution in [2.24, 2.45) is 5.92 Å². The molecule has 1 amide bonds. The van der Waals surface area contributed by atoms with Gasteiger partial charge in [-0.05, 0) is 18.1 Å². The van der Waals surface area contributed by atoms with Gasteiger partial charge in [0, 0.05) is 6.26 Å². The zero-order valence-electron chi connectivity index (χ0n) is 13.6. The molecule has 1 aromatic carbocycles. The number of ether oxygens (including phenoxy) is 1. The predicted octanol–water partition coefficient (Wildman–Crippen LogP) is 1.37. The zero-order valence-corrected chi connectivity index (χ0v) is 14.4. The van der Waals surface area contributed by atoms with Gasteiger partial charge < -0.3 is 14.5 Å². The van der Waals surface area contributed by atoms with E-state index in [1.165, 1.54) is 0 Å². The van der Waals surface area contributed by atoms with Gasteiger partial charge in [0.1, 0.15) is 11.8 Å². The molecule has 0 aliphatic rings. The van der Waals surface area contributed by atoms with E-state index in [1.807, 2.05) is 19.9 Å². The minimum Gasteiger partial charge on any atom is -0.484 e. The molecule has 0 fully saturated rings. The summed E-state index contributed by atoms with van der Waals surface area (Å²) in [6, 6.07) is 8.31.